The number of fused-ring (bicyclic) bond motifs is 1. The molecule has 1 atom stereocenters. The summed E-state index contributed by atoms with van der Waals surface area (Å²) in [5.41, 5.74) is 2.65. The van der Waals surface area contributed by atoms with E-state index in [1.165, 1.54) is 11.3 Å². The SMILES string of the molecule is CCn1ccc(/C=c2/sc3n(c2=O)C(c2ccccc2Cl)C(C(=O)Nc2ccccc2)=C(C)N=3)n1. The van der Waals surface area contributed by atoms with Crippen molar-refractivity contribution in [1.29, 1.82) is 0 Å². The van der Waals surface area contributed by atoms with E-state index in [1.54, 1.807) is 28.3 Å². The van der Waals surface area contributed by atoms with Crippen LogP contribution in [0.25, 0.3) is 6.08 Å². The first-order chi connectivity index (χ1) is 17.0. The monoisotopic (exact) mass is 503 g/mol. The minimum atomic E-state index is -0.723. The molecule has 3 heterocycles. The van der Waals surface area contributed by atoms with Gasteiger partial charge in [-0.05, 0) is 49.8 Å². The highest BCUT2D eigenvalue weighted by atomic mass is 35.5. The zero-order chi connectivity index (χ0) is 24.5. The lowest BCUT2D eigenvalue weighted by Crippen LogP contribution is -2.40. The van der Waals surface area contributed by atoms with E-state index in [1.807, 2.05) is 67.7 Å². The number of nitrogens with zero attached hydrogens (tertiary/aromatic N) is 4. The summed E-state index contributed by atoms with van der Waals surface area (Å²) in [7, 11) is 0. The largest absolute Gasteiger partial charge is 0.322 e. The van der Waals surface area contributed by atoms with E-state index in [0.717, 1.165) is 6.54 Å². The molecule has 0 aliphatic carbocycles. The van der Waals surface area contributed by atoms with Crippen molar-refractivity contribution in [2.24, 2.45) is 4.99 Å². The van der Waals surface area contributed by atoms with Crippen molar-refractivity contribution in [2.75, 3.05) is 5.32 Å². The minimum Gasteiger partial charge on any atom is -0.322 e. The lowest BCUT2D eigenvalue weighted by atomic mass is 9.95. The van der Waals surface area contributed by atoms with Gasteiger partial charge in [-0.15, -0.1) is 0 Å². The van der Waals surface area contributed by atoms with Crippen LogP contribution in [0.15, 0.2) is 87.9 Å². The summed E-state index contributed by atoms with van der Waals surface area (Å²) in [5, 5.41) is 7.86. The molecule has 1 unspecified atom stereocenters. The van der Waals surface area contributed by atoms with Crippen molar-refractivity contribution in [3.8, 4) is 0 Å². The van der Waals surface area contributed by atoms with Crippen LogP contribution in [0.1, 0.15) is 31.1 Å². The predicted octanol–water partition coefficient (Wildman–Crippen LogP) is 3.74. The third-order valence-corrected chi connectivity index (χ3v) is 7.09. The van der Waals surface area contributed by atoms with E-state index in [2.05, 4.69) is 15.4 Å². The molecule has 2 aromatic heterocycles. The number of thiazole rings is 1. The first-order valence-electron chi connectivity index (χ1n) is 11.1. The van der Waals surface area contributed by atoms with Gasteiger partial charge in [0.15, 0.2) is 4.80 Å². The number of rotatable bonds is 5. The molecule has 1 amide bonds. The van der Waals surface area contributed by atoms with Gasteiger partial charge in [0.1, 0.15) is 0 Å². The number of halogens is 1. The summed E-state index contributed by atoms with van der Waals surface area (Å²) in [4.78, 5) is 32.4. The Balaban J connectivity index is 1.68. The molecule has 0 saturated heterocycles. The molecule has 1 N–H and O–H groups in total. The van der Waals surface area contributed by atoms with E-state index in [-0.39, 0.29) is 11.5 Å². The molecule has 9 heteroatoms. The van der Waals surface area contributed by atoms with Gasteiger partial charge in [0.25, 0.3) is 11.5 Å². The number of benzene rings is 2. The number of anilines is 1. The molecule has 7 nitrogen and oxygen atoms in total. The number of hydrogen-bond donors (Lipinski definition) is 1. The zero-order valence-electron chi connectivity index (χ0n) is 19.1. The van der Waals surface area contributed by atoms with Crippen molar-refractivity contribution in [3.63, 3.8) is 0 Å². The van der Waals surface area contributed by atoms with Gasteiger partial charge in [0.05, 0.1) is 27.5 Å². The molecular weight excluding hydrogens is 482 g/mol. The van der Waals surface area contributed by atoms with E-state index in [9.17, 15) is 9.59 Å². The molecule has 176 valence electrons. The lowest BCUT2D eigenvalue weighted by Gasteiger charge is -2.26. The fourth-order valence-electron chi connectivity index (χ4n) is 4.09. The molecule has 1 aliphatic rings. The second-order valence-electron chi connectivity index (χ2n) is 8.02. The van der Waals surface area contributed by atoms with Crippen molar-refractivity contribution in [2.45, 2.75) is 26.4 Å². The number of allylic oxidation sites excluding steroid dienone is 1. The van der Waals surface area contributed by atoms with Crippen LogP contribution in [0.2, 0.25) is 5.02 Å². The van der Waals surface area contributed by atoms with Crippen LogP contribution in [-0.4, -0.2) is 20.3 Å². The molecule has 1 aliphatic heterocycles. The average molecular weight is 504 g/mol. The standard InChI is InChI=1S/C26H22ClN5O2S/c1-3-31-14-13-18(30-31)15-21-25(34)32-23(19-11-7-8-12-20(19)27)22(16(2)28-26(32)35-21)24(33)29-17-9-5-4-6-10-17/h4-15,23H,3H2,1-2H3,(H,29,33)/b21-15+. The molecule has 0 radical (unpaired) electrons. The molecule has 5 rings (SSSR count). The summed E-state index contributed by atoms with van der Waals surface area (Å²) in [6, 6.07) is 17.6. The summed E-state index contributed by atoms with van der Waals surface area (Å²) < 4.78 is 3.84. The smallest absolute Gasteiger partial charge is 0.271 e. The van der Waals surface area contributed by atoms with Crippen molar-refractivity contribution >= 4 is 40.6 Å². The number of aromatic nitrogens is 3. The normalized spacial score (nSPS) is 15.6. The Bertz CT molecular complexity index is 1630. The van der Waals surface area contributed by atoms with Crippen molar-refractivity contribution in [3.05, 3.63) is 114 Å². The van der Waals surface area contributed by atoms with Crippen molar-refractivity contribution in [1.82, 2.24) is 14.3 Å². The summed E-state index contributed by atoms with van der Waals surface area (Å²) in [6.07, 6.45) is 3.62. The van der Waals surface area contributed by atoms with Gasteiger partial charge >= 0.3 is 0 Å². The van der Waals surface area contributed by atoms with Gasteiger partial charge in [-0.2, -0.15) is 5.10 Å². The molecule has 0 fully saturated rings. The van der Waals surface area contributed by atoms with Gasteiger partial charge in [-0.1, -0.05) is 59.3 Å². The van der Waals surface area contributed by atoms with Crippen molar-refractivity contribution < 1.29 is 4.79 Å². The van der Waals surface area contributed by atoms with Crippen LogP contribution in [0.5, 0.6) is 0 Å². The van der Waals surface area contributed by atoms with E-state index in [0.29, 0.717) is 42.6 Å². The molecular formula is C26H22ClN5O2S. The molecule has 0 spiro atoms. The zero-order valence-corrected chi connectivity index (χ0v) is 20.7. The van der Waals surface area contributed by atoms with Crippen LogP contribution in [0, 0.1) is 0 Å². The molecule has 2 aromatic carbocycles. The Kier molecular flexibility index (Phi) is 6.23. The molecule has 0 saturated carbocycles. The second kappa shape index (κ2) is 9.48. The number of carbonyl (C=O) groups excluding carboxylic acids is 1. The average Bonchev–Trinajstić information content (AvgIpc) is 3.43. The van der Waals surface area contributed by atoms with Crippen LogP contribution in [0.4, 0.5) is 5.69 Å². The Labute approximate surface area is 210 Å². The van der Waals surface area contributed by atoms with Gasteiger partial charge in [0.2, 0.25) is 0 Å². The topological polar surface area (TPSA) is 81.3 Å². The Morgan fingerprint density at radius 1 is 1.14 bits per heavy atom. The Hall–Kier alpha value is -3.75. The first-order valence-corrected chi connectivity index (χ1v) is 12.3. The number of amides is 1. The number of aryl methyl sites for hydroxylation is 1. The Morgan fingerprint density at radius 2 is 1.89 bits per heavy atom. The highest BCUT2D eigenvalue weighted by molar-refractivity contribution is 7.07. The number of hydrogen-bond acceptors (Lipinski definition) is 5. The van der Waals surface area contributed by atoms with Gasteiger partial charge in [0, 0.05) is 23.5 Å². The maximum absolute atomic E-state index is 13.7. The number of nitrogens with one attached hydrogen (secondary N) is 1. The first kappa shape index (κ1) is 23.0. The Morgan fingerprint density at radius 3 is 2.60 bits per heavy atom. The predicted molar refractivity (Wildman–Crippen MR) is 138 cm³/mol. The maximum Gasteiger partial charge on any atom is 0.271 e. The fourth-order valence-corrected chi connectivity index (χ4v) is 5.36. The third kappa shape index (κ3) is 4.38. The van der Waals surface area contributed by atoms with E-state index >= 15 is 0 Å². The minimum absolute atomic E-state index is 0.248. The van der Waals surface area contributed by atoms with Gasteiger partial charge < -0.3 is 5.32 Å². The highest BCUT2D eigenvalue weighted by Gasteiger charge is 2.33. The quantitative estimate of drug-likeness (QED) is 0.450. The number of carbonyl (C=O) groups is 1. The van der Waals surface area contributed by atoms with Crippen LogP contribution in [0.3, 0.4) is 0 Å². The fraction of sp³-hybridized carbons (Fsp3) is 0.154. The van der Waals surface area contributed by atoms with Crippen LogP contribution >= 0.6 is 22.9 Å². The third-order valence-electron chi connectivity index (χ3n) is 5.76. The summed E-state index contributed by atoms with van der Waals surface area (Å²) >= 11 is 7.86. The highest BCUT2D eigenvalue weighted by Crippen LogP contribution is 2.34. The lowest BCUT2D eigenvalue weighted by molar-refractivity contribution is -0.113. The van der Waals surface area contributed by atoms with Crippen LogP contribution < -0.4 is 20.2 Å². The molecule has 35 heavy (non-hydrogen) atoms. The molecule has 0 bridgehead atoms. The summed E-state index contributed by atoms with van der Waals surface area (Å²) in [5.74, 6) is -0.335. The molecule has 4 aromatic rings. The van der Waals surface area contributed by atoms with Gasteiger partial charge in [-0.25, -0.2) is 4.99 Å². The van der Waals surface area contributed by atoms with E-state index < -0.39 is 6.04 Å². The van der Waals surface area contributed by atoms with Crippen LogP contribution in [-0.2, 0) is 11.3 Å². The number of para-hydroxylation sites is 1. The summed E-state index contributed by atoms with van der Waals surface area (Å²) in [6.45, 7) is 4.52. The van der Waals surface area contributed by atoms with Gasteiger partial charge in [-0.3, -0.25) is 18.8 Å². The maximum atomic E-state index is 13.7. The van der Waals surface area contributed by atoms with E-state index in [4.69, 9.17) is 11.6 Å². The second-order valence-corrected chi connectivity index (χ2v) is 9.44.